The number of hydrogen-bond donors (Lipinski definition) is 0. The van der Waals surface area contributed by atoms with Crippen LogP contribution in [0.1, 0.15) is 0 Å². The van der Waals surface area contributed by atoms with Gasteiger partial charge in [0.25, 0.3) is 0 Å². The van der Waals surface area contributed by atoms with Crippen LogP contribution in [0.2, 0.25) is 0 Å². The van der Waals surface area contributed by atoms with Gasteiger partial charge in [-0.05, 0) is 60.7 Å². The summed E-state index contributed by atoms with van der Waals surface area (Å²) < 4.78 is 9.87. The molecule has 0 unspecified atom stereocenters. The van der Waals surface area contributed by atoms with Gasteiger partial charge in [0.15, 0.2) is 0 Å². The van der Waals surface area contributed by atoms with Crippen LogP contribution < -0.4 is 0 Å². The Hall–Kier alpha value is -3.86. The molecule has 162 valence electrons. The second-order valence-corrected chi connectivity index (χ2v) is 10.4. The van der Waals surface area contributed by atoms with E-state index in [9.17, 15) is 0 Å². The van der Waals surface area contributed by atoms with Crippen LogP contribution in [0.4, 0.5) is 0 Å². The Morgan fingerprint density at radius 1 is 0.353 bits per heavy atom. The van der Waals surface area contributed by atoms with Crippen LogP contribution >= 0.6 is 22.7 Å². The molecule has 4 heteroatoms. The fraction of sp³-hybridized carbons (Fsp3) is 0. The Labute approximate surface area is 204 Å². The molecule has 2 nitrogen and oxygen atoms in total. The number of benzene rings is 5. The Kier molecular flexibility index (Phi) is 4.54. The summed E-state index contributed by atoms with van der Waals surface area (Å²) in [5.41, 5.74) is 7.27. The predicted octanol–water partition coefficient (Wildman–Crippen LogP) is 9.13. The molecule has 7 aromatic rings. The lowest BCUT2D eigenvalue weighted by Gasteiger charge is -2.19. The van der Waals surface area contributed by atoms with Gasteiger partial charge in [0, 0.05) is 11.4 Å². The first kappa shape index (κ1) is 19.6. The van der Waals surface area contributed by atoms with Gasteiger partial charge in [0.05, 0.1) is 40.9 Å². The standard InChI is InChI=1S/C30H20N2S2/c1-3-11-21(12-4-1)31-23-15-7-9-17-27(23)33-29-20-26-30(19-25(29)31)34-28-18-10-8-16-24(28)32(26)22-13-5-2-6-14-22/h1-20H. The van der Waals surface area contributed by atoms with Crippen LogP contribution in [0.15, 0.2) is 121 Å². The van der Waals surface area contributed by atoms with Crippen molar-refractivity contribution >= 4 is 63.5 Å². The van der Waals surface area contributed by atoms with Crippen molar-refractivity contribution in [1.82, 2.24) is 9.13 Å². The van der Waals surface area contributed by atoms with Crippen LogP contribution in [-0.4, -0.2) is 9.13 Å². The van der Waals surface area contributed by atoms with Gasteiger partial charge in [-0.1, -0.05) is 60.7 Å². The number of hydrogen-bond acceptors (Lipinski definition) is 2. The molecule has 0 atom stereocenters. The number of nitrogens with zero attached hydrogens (tertiary/aromatic N) is 2. The van der Waals surface area contributed by atoms with E-state index < -0.39 is 0 Å². The number of fused-ring (bicyclic) bond motifs is 4. The van der Waals surface area contributed by atoms with E-state index in [1.165, 1.54) is 52.2 Å². The molecule has 0 saturated heterocycles. The fourth-order valence-corrected chi connectivity index (χ4v) is 6.86. The molecule has 34 heavy (non-hydrogen) atoms. The lowest BCUT2D eigenvalue weighted by Crippen LogP contribution is -2.01. The molecule has 7 rings (SSSR count). The van der Waals surface area contributed by atoms with Gasteiger partial charge in [0.1, 0.15) is 0 Å². The molecular formula is C30H20N2S2. The molecule has 0 radical (unpaired) electrons. The smallest absolute Gasteiger partial charge is 0.0650 e. The monoisotopic (exact) mass is 472 g/mol. The van der Waals surface area contributed by atoms with Gasteiger partial charge >= 0.3 is 0 Å². The quantitative estimate of drug-likeness (QED) is 0.222. The van der Waals surface area contributed by atoms with Crippen molar-refractivity contribution in [2.24, 2.45) is 0 Å². The average molecular weight is 473 g/mol. The highest BCUT2D eigenvalue weighted by molar-refractivity contribution is 7.25. The van der Waals surface area contributed by atoms with Crippen LogP contribution in [0.25, 0.3) is 52.2 Å². The van der Waals surface area contributed by atoms with Crippen molar-refractivity contribution in [2.75, 3.05) is 0 Å². The molecule has 0 spiro atoms. The van der Waals surface area contributed by atoms with Crippen molar-refractivity contribution in [2.45, 2.75) is 0 Å². The lowest BCUT2D eigenvalue weighted by molar-refractivity contribution is 1.16. The summed E-state index contributed by atoms with van der Waals surface area (Å²) in [5, 5.41) is 0. The summed E-state index contributed by atoms with van der Waals surface area (Å²) >= 11 is 3.71. The molecule has 0 aliphatic carbocycles. The average Bonchev–Trinajstić information content (AvgIpc) is 2.90. The fourth-order valence-electron chi connectivity index (χ4n) is 4.71. The van der Waals surface area contributed by atoms with Crippen molar-refractivity contribution in [1.29, 1.82) is 0 Å². The minimum absolute atomic E-state index is 1.18. The maximum atomic E-state index is 2.40. The van der Waals surface area contributed by atoms with E-state index in [0.717, 1.165) is 0 Å². The van der Waals surface area contributed by atoms with Gasteiger partial charge in [-0.15, -0.1) is 22.7 Å². The van der Waals surface area contributed by atoms with Gasteiger partial charge in [-0.3, -0.25) is 0 Å². The summed E-state index contributed by atoms with van der Waals surface area (Å²) in [5.74, 6) is 0. The molecule has 0 amide bonds. The van der Waals surface area contributed by atoms with Gasteiger partial charge in [-0.25, -0.2) is 0 Å². The van der Waals surface area contributed by atoms with E-state index in [-0.39, 0.29) is 0 Å². The first-order valence-corrected chi connectivity index (χ1v) is 12.9. The molecule has 2 aromatic heterocycles. The minimum Gasteiger partial charge on any atom is -0.308 e. The Balaban J connectivity index is 1.69. The molecule has 0 aliphatic heterocycles. The number of aromatic nitrogens is 2. The second-order valence-electron chi connectivity index (χ2n) is 8.27. The maximum Gasteiger partial charge on any atom is 0.0650 e. The third-order valence-corrected chi connectivity index (χ3v) is 8.43. The minimum atomic E-state index is 1.18. The third-order valence-electron chi connectivity index (χ3n) is 6.20. The normalized spacial score (nSPS) is 11.5. The Bertz CT molecular complexity index is 1710. The largest absolute Gasteiger partial charge is 0.308 e. The number of rotatable bonds is 2. The Morgan fingerprint density at radius 2 is 0.735 bits per heavy atom. The lowest BCUT2D eigenvalue weighted by atomic mass is 10.2. The molecular weight excluding hydrogens is 452 g/mol. The van der Waals surface area contributed by atoms with Crippen molar-refractivity contribution in [3.8, 4) is 11.4 Å². The summed E-state index contributed by atoms with van der Waals surface area (Å²) in [4.78, 5) is 0. The first-order chi connectivity index (χ1) is 16.9. The van der Waals surface area contributed by atoms with Crippen LogP contribution in [0, 0.1) is 0 Å². The van der Waals surface area contributed by atoms with Crippen LogP contribution in [-0.2, 0) is 0 Å². The summed E-state index contributed by atoms with van der Waals surface area (Å²) in [6, 6.07) is 43.5. The highest BCUT2D eigenvalue weighted by Crippen LogP contribution is 2.38. The van der Waals surface area contributed by atoms with E-state index in [1.807, 2.05) is 22.7 Å². The van der Waals surface area contributed by atoms with Gasteiger partial charge in [-0.2, -0.15) is 0 Å². The molecule has 0 bridgehead atoms. The summed E-state index contributed by atoms with van der Waals surface area (Å²) in [6.45, 7) is 0. The topological polar surface area (TPSA) is 9.86 Å². The molecule has 2 heterocycles. The van der Waals surface area contributed by atoms with Crippen LogP contribution in [0.3, 0.4) is 0 Å². The zero-order valence-electron chi connectivity index (χ0n) is 18.3. The van der Waals surface area contributed by atoms with E-state index in [0.29, 0.717) is 0 Å². The molecule has 0 N–H and O–H groups in total. The van der Waals surface area contributed by atoms with Crippen molar-refractivity contribution in [3.05, 3.63) is 121 Å². The Morgan fingerprint density at radius 3 is 1.18 bits per heavy atom. The number of para-hydroxylation sites is 4. The summed E-state index contributed by atoms with van der Waals surface area (Å²) in [7, 11) is 0. The zero-order chi connectivity index (χ0) is 22.5. The van der Waals surface area contributed by atoms with Crippen molar-refractivity contribution in [3.63, 3.8) is 0 Å². The molecule has 5 aromatic carbocycles. The summed E-state index contributed by atoms with van der Waals surface area (Å²) in [6.07, 6.45) is 0. The maximum absolute atomic E-state index is 2.40. The van der Waals surface area contributed by atoms with E-state index in [2.05, 4.69) is 130 Å². The van der Waals surface area contributed by atoms with Gasteiger partial charge in [0.2, 0.25) is 0 Å². The van der Waals surface area contributed by atoms with E-state index in [1.54, 1.807) is 0 Å². The van der Waals surface area contributed by atoms with Crippen LogP contribution in [0.5, 0.6) is 0 Å². The van der Waals surface area contributed by atoms with Crippen molar-refractivity contribution < 1.29 is 0 Å². The SMILES string of the molecule is c1ccc(-n2c3ccccc3sc3cc4c(cc32)sc2ccccc2n4-c2ccccc2)cc1. The highest BCUT2D eigenvalue weighted by atomic mass is 32.1. The second kappa shape index (κ2) is 7.87. The molecule has 0 aliphatic rings. The first-order valence-electron chi connectivity index (χ1n) is 11.3. The third kappa shape index (κ3) is 3.07. The van der Waals surface area contributed by atoms with E-state index in [4.69, 9.17) is 0 Å². The molecule has 0 saturated carbocycles. The molecule has 0 fully saturated rings. The zero-order valence-corrected chi connectivity index (χ0v) is 19.9. The highest BCUT2D eigenvalue weighted by Gasteiger charge is 2.14. The predicted molar refractivity (Wildman–Crippen MR) is 149 cm³/mol. The van der Waals surface area contributed by atoms with Gasteiger partial charge < -0.3 is 9.13 Å². The van der Waals surface area contributed by atoms with E-state index >= 15 is 0 Å².